The number of nitrogens with one attached hydrogen (secondary N) is 1. The molecule has 1 amide bonds. The van der Waals surface area contributed by atoms with E-state index in [-0.39, 0.29) is 10.8 Å². The largest absolute Gasteiger partial charge is 0.351 e. The van der Waals surface area contributed by atoms with Crippen LogP contribution in [0.5, 0.6) is 0 Å². The van der Waals surface area contributed by atoms with Gasteiger partial charge in [-0.25, -0.2) is 12.7 Å². The number of unbranched alkanes of at least 4 members (excludes halogenated alkanes) is 1. The maximum Gasteiger partial charge on any atom is 0.267 e. The van der Waals surface area contributed by atoms with Gasteiger partial charge in [0.2, 0.25) is 10.0 Å². The van der Waals surface area contributed by atoms with Gasteiger partial charge in [-0.15, -0.1) is 0 Å². The number of nitrogens with zero attached hydrogens (tertiary/aromatic N) is 2. The lowest BCUT2D eigenvalue weighted by atomic mass is 10.2. The summed E-state index contributed by atoms with van der Waals surface area (Å²) in [4.78, 5) is 12.5. The van der Waals surface area contributed by atoms with Gasteiger partial charge in [0.15, 0.2) is 0 Å². The minimum atomic E-state index is -3.49. The van der Waals surface area contributed by atoms with Crippen molar-refractivity contribution in [2.24, 2.45) is 7.05 Å². The number of carbonyl (C=O) groups is 1. The summed E-state index contributed by atoms with van der Waals surface area (Å²) in [6.07, 6.45) is 1.95. The van der Waals surface area contributed by atoms with Gasteiger partial charge in [0.25, 0.3) is 5.91 Å². The Morgan fingerprint density at radius 1 is 1.26 bits per heavy atom. The van der Waals surface area contributed by atoms with Gasteiger partial charge in [-0.1, -0.05) is 13.3 Å². The van der Waals surface area contributed by atoms with Crippen LogP contribution in [-0.2, 0) is 17.1 Å². The number of fused-ring (bicyclic) bond motifs is 1. The van der Waals surface area contributed by atoms with Crippen LogP contribution in [0.3, 0.4) is 0 Å². The van der Waals surface area contributed by atoms with E-state index in [4.69, 9.17) is 0 Å². The molecular weight excluding hydrogens is 314 g/mol. The molecule has 1 aromatic heterocycles. The second kappa shape index (κ2) is 6.72. The fourth-order valence-electron chi connectivity index (χ4n) is 2.39. The number of aromatic nitrogens is 1. The van der Waals surface area contributed by atoms with Crippen LogP contribution >= 0.6 is 0 Å². The third kappa shape index (κ3) is 3.40. The molecule has 2 aromatic rings. The lowest BCUT2D eigenvalue weighted by Crippen LogP contribution is -2.26. The second-order valence-electron chi connectivity index (χ2n) is 5.71. The molecule has 0 saturated carbocycles. The molecule has 0 bridgehead atoms. The highest BCUT2D eigenvalue weighted by atomic mass is 32.2. The summed E-state index contributed by atoms with van der Waals surface area (Å²) in [7, 11) is 1.31. The molecule has 0 radical (unpaired) electrons. The van der Waals surface area contributed by atoms with E-state index in [2.05, 4.69) is 12.2 Å². The van der Waals surface area contributed by atoms with Crippen LogP contribution in [0.15, 0.2) is 29.2 Å². The van der Waals surface area contributed by atoms with E-state index >= 15 is 0 Å². The summed E-state index contributed by atoms with van der Waals surface area (Å²) in [6, 6.07) is 6.63. The summed E-state index contributed by atoms with van der Waals surface area (Å²) < 4.78 is 27.4. The summed E-state index contributed by atoms with van der Waals surface area (Å²) in [5, 5.41) is 3.61. The van der Waals surface area contributed by atoms with E-state index in [0.29, 0.717) is 12.2 Å². The molecule has 6 nitrogen and oxygen atoms in total. The molecular formula is C16H23N3O3S. The Morgan fingerprint density at radius 2 is 1.96 bits per heavy atom. The minimum Gasteiger partial charge on any atom is -0.351 e. The Labute approximate surface area is 137 Å². The number of hydrogen-bond donors (Lipinski definition) is 1. The number of rotatable bonds is 6. The Kier molecular flexibility index (Phi) is 5.11. The highest BCUT2D eigenvalue weighted by Gasteiger charge is 2.19. The fraction of sp³-hybridized carbons (Fsp3) is 0.438. The third-order valence-corrected chi connectivity index (χ3v) is 5.65. The molecule has 23 heavy (non-hydrogen) atoms. The van der Waals surface area contributed by atoms with Crippen LogP contribution in [0.25, 0.3) is 10.9 Å². The molecule has 0 spiro atoms. The topological polar surface area (TPSA) is 71.4 Å². The maximum atomic E-state index is 12.2. The van der Waals surface area contributed by atoms with Gasteiger partial charge in [0.05, 0.1) is 4.90 Å². The molecule has 2 rings (SSSR count). The van der Waals surface area contributed by atoms with Crippen molar-refractivity contribution in [1.29, 1.82) is 0 Å². The van der Waals surface area contributed by atoms with Gasteiger partial charge in [-0.05, 0) is 30.7 Å². The maximum absolute atomic E-state index is 12.2. The Hall–Kier alpha value is -1.86. The van der Waals surface area contributed by atoms with Gasteiger partial charge in [-0.2, -0.15) is 0 Å². The summed E-state index contributed by atoms with van der Waals surface area (Å²) in [5.41, 5.74) is 1.35. The zero-order valence-electron chi connectivity index (χ0n) is 14.0. The molecule has 0 unspecified atom stereocenters. The summed E-state index contributed by atoms with van der Waals surface area (Å²) in [6.45, 7) is 2.70. The van der Waals surface area contributed by atoms with Crippen molar-refractivity contribution in [3.05, 3.63) is 30.0 Å². The summed E-state index contributed by atoms with van der Waals surface area (Å²) in [5.74, 6) is -0.144. The smallest absolute Gasteiger partial charge is 0.267 e. The third-order valence-electron chi connectivity index (χ3n) is 3.84. The number of carbonyl (C=O) groups excluding carboxylic acids is 1. The molecule has 0 aliphatic heterocycles. The average molecular weight is 337 g/mol. The van der Waals surface area contributed by atoms with E-state index in [1.807, 2.05) is 0 Å². The highest BCUT2D eigenvalue weighted by Crippen LogP contribution is 2.23. The van der Waals surface area contributed by atoms with Gasteiger partial charge in [0.1, 0.15) is 5.69 Å². The van der Waals surface area contributed by atoms with E-state index in [1.165, 1.54) is 18.4 Å². The number of amides is 1. The van der Waals surface area contributed by atoms with Crippen molar-refractivity contribution < 1.29 is 13.2 Å². The molecule has 0 aliphatic carbocycles. The fourth-order valence-corrected chi connectivity index (χ4v) is 3.32. The van der Waals surface area contributed by atoms with Crippen molar-refractivity contribution in [3.63, 3.8) is 0 Å². The normalized spacial score (nSPS) is 12.0. The zero-order valence-corrected chi connectivity index (χ0v) is 14.8. The van der Waals surface area contributed by atoms with Gasteiger partial charge >= 0.3 is 0 Å². The molecule has 126 valence electrons. The lowest BCUT2D eigenvalue weighted by molar-refractivity contribution is 0.0945. The van der Waals surface area contributed by atoms with Crippen molar-refractivity contribution in [2.45, 2.75) is 24.7 Å². The van der Waals surface area contributed by atoms with E-state index < -0.39 is 10.0 Å². The molecule has 1 heterocycles. The Balaban J connectivity index is 2.41. The second-order valence-corrected chi connectivity index (χ2v) is 7.86. The van der Waals surface area contributed by atoms with Crippen molar-refractivity contribution in [2.75, 3.05) is 20.6 Å². The minimum absolute atomic E-state index is 0.144. The van der Waals surface area contributed by atoms with Crippen LogP contribution in [0.1, 0.15) is 30.3 Å². The van der Waals surface area contributed by atoms with Crippen molar-refractivity contribution in [3.8, 4) is 0 Å². The van der Waals surface area contributed by atoms with Gasteiger partial charge in [0, 0.05) is 38.6 Å². The highest BCUT2D eigenvalue weighted by molar-refractivity contribution is 7.89. The van der Waals surface area contributed by atoms with Gasteiger partial charge < -0.3 is 9.88 Å². The number of hydrogen-bond acceptors (Lipinski definition) is 3. The first kappa shape index (κ1) is 17.5. The molecule has 7 heteroatoms. The molecule has 1 N–H and O–H groups in total. The monoisotopic (exact) mass is 337 g/mol. The molecule has 0 saturated heterocycles. The van der Waals surface area contributed by atoms with Crippen LogP contribution in [-0.4, -0.2) is 43.8 Å². The standard InChI is InChI=1S/C16H23N3O3S/c1-5-6-9-17-16(20)15-11-12-10-13(23(21,22)18(2)3)7-8-14(12)19(15)4/h7-8,10-11H,5-6,9H2,1-4H3,(H,17,20). The van der Waals surface area contributed by atoms with Gasteiger partial charge in [-0.3, -0.25) is 4.79 Å². The number of sulfonamides is 1. The van der Waals surface area contributed by atoms with E-state index in [9.17, 15) is 13.2 Å². The predicted octanol–water partition coefficient (Wildman–Crippen LogP) is 1.96. The molecule has 1 aromatic carbocycles. The average Bonchev–Trinajstić information content (AvgIpc) is 2.84. The van der Waals surface area contributed by atoms with Crippen LogP contribution in [0.4, 0.5) is 0 Å². The molecule has 0 aliphatic rings. The first-order valence-corrected chi connectivity index (χ1v) is 9.03. The summed E-state index contributed by atoms with van der Waals surface area (Å²) >= 11 is 0. The first-order valence-electron chi connectivity index (χ1n) is 7.59. The Bertz CT molecular complexity index is 822. The molecule has 0 fully saturated rings. The molecule has 0 atom stereocenters. The van der Waals surface area contributed by atoms with E-state index in [1.54, 1.807) is 35.9 Å². The lowest BCUT2D eigenvalue weighted by Gasteiger charge is -2.11. The van der Waals surface area contributed by atoms with Crippen LogP contribution < -0.4 is 5.32 Å². The van der Waals surface area contributed by atoms with Crippen molar-refractivity contribution >= 4 is 26.8 Å². The quantitative estimate of drug-likeness (QED) is 0.819. The van der Waals surface area contributed by atoms with E-state index in [0.717, 1.165) is 23.7 Å². The van der Waals surface area contributed by atoms with Crippen molar-refractivity contribution in [1.82, 2.24) is 14.2 Å². The first-order chi connectivity index (χ1) is 10.8. The number of aryl methyl sites for hydroxylation is 1. The Morgan fingerprint density at radius 3 is 2.57 bits per heavy atom. The number of benzene rings is 1. The zero-order chi connectivity index (χ0) is 17.2. The van der Waals surface area contributed by atoms with Crippen LogP contribution in [0, 0.1) is 0 Å². The van der Waals surface area contributed by atoms with Crippen LogP contribution in [0.2, 0.25) is 0 Å². The predicted molar refractivity (Wildman–Crippen MR) is 91.0 cm³/mol. The SMILES string of the molecule is CCCCNC(=O)c1cc2cc(S(=O)(=O)N(C)C)ccc2n1C.